The molecule has 1 unspecified atom stereocenters. The first-order valence-electron chi connectivity index (χ1n) is 6.06. The van der Waals surface area contributed by atoms with E-state index in [4.69, 9.17) is 4.74 Å². The standard InChI is InChI=1S/C13H17FN2O2.ClH/c1-18-10-4-5-11(14)12(7-10)16-13(17)9-3-2-6-15-8-9;/h4-5,7,9,15H,2-3,6,8H2,1H3,(H,16,17);1H. The highest BCUT2D eigenvalue weighted by molar-refractivity contribution is 5.93. The minimum absolute atomic E-state index is 0. The molecule has 1 fully saturated rings. The van der Waals surface area contributed by atoms with Crippen molar-refractivity contribution in [2.45, 2.75) is 12.8 Å². The van der Waals surface area contributed by atoms with Gasteiger partial charge in [0.15, 0.2) is 0 Å². The van der Waals surface area contributed by atoms with E-state index in [1.54, 1.807) is 0 Å². The first-order chi connectivity index (χ1) is 8.70. The number of halogens is 2. The molecule has 19 heavy (non-hydrogen) atoms. The normalized spacial score (nSPS) is 18.3. The predicted molar refractivity (Wildman–Crippen MR) is 74.4 cm³/mol. The van der Waals surface area contributed by atoms with E-state index in [2.05, 4.69) is 10.6 Å². The molecule has 0 saturated carbocycles. The zero-order chi connectivity index (χ0) is 13.0. The minimum atomic E-state index is -0.451. The van der Waals surface area contributed by atoms with Crippen molar-refractivity contribution in [2.24, 2.45) is 5.92 Å². The molecule has 4 nitrogen and oxygen atoms in total. The molecule has 1 heterocycles. The maximum absolute atomic E-state index is 13.5. The Morgan fingerprint density at radius 2 is 2.32 bits per heavy atom. The third-order valence-corrected chi connectivity index (χ3v) is 3.10. The molecule has 106 valence electrons. The first kappa shape index (κ1) is 15.7. The number of benzene rings is 1. The lowest BCUT2D eigenvalue weighted by atomic mass is 9.99. The van der Waals surface area contributed by atoms with Crippen LogP contribution >= 0.6 is 12.4 Å². The van der Waals surface area contributed by atoms with Crippen LogP contribution in [0.25, 0.3) is 0 Å². The fraction of sp³-hybridized carbons (Fsp3) is 0.462. The highest BCUT2D eigenvalue weighted by Gasteiger charge is 2.21. The summed E-state index contributed by atoms with van der Waals surface area (Å²) in [4.78, 5) is 12.0. The molecule has 1 aliphatic rings. The summed E-state index contributed by atoms with van der Waals surface area (Å²) in [5, 5.41) is 5.78. The minimum Gasteiger partial charge on any atom is -0.497 e. The average molecular weight is 289 g/mol. The summed E-state index contributed by atoms with van der Waals surface area (Å²) in [5.41, 5.74) is 0.171. The molecule has 6 heteroatoms. The van der Waals surface area contributed by atoms with Gasteiger partial charge in [0.25, 0.3) is 0 Å². The lowest BCUT2D eigenvalue weighted by Gasteiger charge is -2.22. The van der Waals surface area contributed by atoms with E-state index in [1.165, 1.54) is 25.3 Å². The number of nitrogens with one attached hydrogen (secondary N) is 2. The second kappa shape index (κ2) is 7.31. The molecule has 2 rings (SSSR count). The number of ether oxygens (including phenoxy) is 1. The molecule has 1 atom stereocenters. The number of amides is 1. The van der Waals surface area contributed by atoms with Crippen LogP contribution in [0.4, 0.5) is 10.1 Å². The summed E-state index contributed by atoms with van der Waals surface area (Å²) < 4.78 is 18.6. The van der Waals surface area contributed by atoms with Gasteiger partial charge in [0.2, 0.25) is 5.91 Å². The van der Waals surface area contributed by atoms with Gasteiger partial charge >= 0.3 is 0 Å². The summed E-state index contributed by atoms with van der Waals surface area (Å²) in [5.74, 6) is -0.167. The number of hydrogen-bond acceptors (Lipinski definition) is 3. The number of rotatable bonds is 3. The van der Waals surface area contributed by atoms with Crippen molar-refractivity contribution in [1.29, 1.82) is 0 Å². The van der Waals surface area contributed by atoms with Gasteiger partial charge < -0.3 is 15.4 Å². The van der Waals surface area contributed by atoms with Gasteiger partial charge in [-0.1, -0.05) is 0 Å². The number of hydrogen-bond donors (Lipinski definition) is 2. The molecule has 1 aromatic carbocycles. The Bertz CT molecular complexity index is 437. The zero-order valence-electron chi connectivity index (χ0n) is 10.7. The predicted octanol–water partition coefficient (Wildman–Crippen LogP) is 2.19. The molecular weight excluding hydrogens is 271 g/mol. The van der Waals surface area contributed by atoms with Crippen molar-refractivity contribution in [2.75, 3.05) is 25.5 Å². The molecule has 1 saturated heterocycles. The largest absolute Gasteiger partial charge is 0.497 e. The fourth-order valence-corrected chi connectivity index (χ4v) is 2.04. The number of piperidine rings is 1. The van der Waals surface area contributed by atoms with Crippen LogP contribution < -0.4 is 15.4 Å². The Morgan fingerprint density at radius 1 is 1.53 bits per heavy atom. The van der Waals surface area contributed by atoms with E-state index >= 15 is 0 Å². The highest BCUT2D eigenvalue weighted by Crippen LogP contribution is 2.22. The molecular formula is C13H18ClFN2O2. The molecule has 0 bridgehead atoms. The van der Waals surface area contributed by atoms with Crippen LogP contribution in [0, 0.1) is 11.7 Å². The Labute approximate surface area is 118 Å². The molecule has 0 aliphatic carbocycles. The van der Waals surface area contributed by atoms with Crippen LogP contribution in [-0.4, -0.2) is 26.1 Å². The van der Waals surface area contributed by atoms with E-state index in [0.29, 0.717) is 12.3 Å². The molecule has 0 radical (unpaired) electrons. The summed E-state index contributed by atoms with van der Waals surface area (Å²) in [6, 6.07) is 4.30. The van der Waals surface area contributed by atoms with Gasteiger partial charge in [0, 0.05) is 12.6 Å². The van der Waals surface area contributed by atoms with Gasteiger partial charge in [-0.15, -0.1) is 12.4 Å². The maximum Gasteiger partial charge on any atom is 0.228 e. The van der Waals surface area contributed by atoms with Crippen molar-refractivity contribution in [3.05, 3.63) is 24.0 Å². The number of carbonyl (C=O) groups excluding carboxylic acids is 1. The van der Waals surface area contributed by atoms with Crippen molar-refractivity contribution < 1.29 is 13.9 Å². The van der Waals surface area contributed by atoms with Crippen LogP contribution in [0.2, 0.25) is 0 Å². The van der Waals surface area contributed by atoms with Gasteiger partial charge in [0.05, 0.1) is 18.7 Å². The zero-order valence-corrected chi connectivity index (χ0v) is 11.6. The molecule has 1 aliphatic heterocycles. The topological polar surface area (TPSA) is 50.4 Å². The Hall–Kier alpha value is -1.33. The molecule has 0 spiro atoms. The maximum atomic E-state index is 13.5. The van der Waals surface area contributed by atoms with Gasteiger partial charge in [0.1, 0.15) is 11.6 Å². The van der Waals surface area contributed by atoms with Crippen molar-refractivity contribution in [3.8, 4) is 5.75 Å². The van der Waals surface area contributed by atoms with Gasteiger partial charge in [-0.25, -0.2) is 4.39 Å². The van der Waals surface area contributed by atoms with Gasteiger partial charge in [-0.2, -0.15) is 0 Å². The lowest BCUT2D eigenvalue weighted by molar-refractivity contribution is -0.120. The monoisotopic (exact) mass is 288 g/mol. The van der Waals surface area contributed by atoms with Crippen molar-refractivity contribution >= 4 is 24.0 Å². The van der Waals surface area contributed by atoms with E-state index in [-0.39, 0.29) is 29.9 Å². The van der Waals surface area contributed by atoms with Crippen LogP contribution in [-0.2, 0) is 4.79 Å². The molecule has 0 aromatic heterocycles. The number of methoxy groups -OCH3 is 1. The summed E-state index contributed by atoms with van der Waals surface area (Å²) in [6.45, 7) is 1.59. The quantitative estimate of drug-likeness (QED) is 0.896. The summed E-state index contributed by atoms with van der Waals surface area (Å²) >= 11 is 0. The Kier molecular flexibility index (Phi) is 6.05. The van der Waals surface area contributed by atoms with Gasteiger partial charge in [-0.05, 0) is 31.5 Å². The van der Waals surface area contributed by atoms with Crippen molar-refractivity contribution in [3.63, 3.8) is 0 Å². The Balaban J connectivity index is 0.00000180. The third kappa shape index (κ3) is 4.08. The average Bonchev–Trinajstić information content (AvgIpc) is 2.42. The summed E-state index contributed by atoms with van der Waals surface area (Å²) in [6.07, 6.45) is 1.81. The van der Waals surface area contributed by atoms with Gasteiger partial charge in [-0.3, -0.25) is 4.79 Å². The van der Waals surface area contributed by atoms with Crippen LogP contribution in [0.5, 0.6) is 5.75 Å². The lowest BCUT2D eigenvalue weighted by Crippen LogP contribution is -2.37. The van der Waals surface area contributed by atoms with E-state index in [1.807, 2.05) is 0 Å². The smallest absolute Gasteiger partial charge is 0.228 e. The van der Waals surface area contributed by atoms with Crippen molar-refractivity contribution in [1.82, 2.24) is 5.32 Å². The second-order valence-electron chi connectivity index (χ2n) is 4.38. The van der Waals surface area contributed by atoms with Crippen LogP contribution in [0.1, 0.15) is 12.8 Å². The molecule has 1 amide bonds. The highest BCUT2D eigenvalue weighted by atomic mass is 35.5. The molecule has 1 aromatic rings. The SMILES string of the molecule is COc1ccc(F)c(NC(=O)C2CCCNC2)c1.Cl. The molecule has 2 N–H and O–H groups in total. The van der Waals surface area contributed by atoms with E-state index in [0.717, 1.165) is 19.4 Å². The van der Waals surface area contributed by atoms with E-state index in [9.17, 15) is 9.18 Å². The van der Waals surface area contributed by atoms with E-state index < -0.39 is 5.82 Å². The number of carbonyl (C=O) groups is 1. The Morgan fingerprint density at radius 3 is 2.95 bits per heavy atom. The summed E-state index contributed by atoms with van der Waals surface area (Å²) in [7, 11) is 1.50. The first-order valence-corrected chi connectivity index (χ1v) is 6.06. The third-order valence-electron chi connectivity index (χ3n) is 3.10. The van der Waals surface area contributed by atoms with Crippen LogP contribution in [0.3, 0.4) is 0 Å². The number of anilines is 1. The second-order valence-corrected chi connectivity index (χ2v) is 4.38. The fourth-order valence-electron chi connectivity index (χ4n) is 2.04. The van der Waals surface area contributed by atoms with Crippen LogP contribution in [0.15, 0.2) is 18.2 Å².